The highest BCUT2D eigenvalue weighted by Gasteiger charge is 2.27. The maximum atomic E-state index is 12.2. The van der Waals surface area contributed by atoms with Gasteiger partial charge in [0.25, 0.3) is 0 Å². The molecule has 0 fully saturated rings. The van der Waals surface area contributed by atoms with Crippen LogP contribution in [0.3, 0.4) is 0 Å². The van der Waals surface area contributed by atoms with Crippen molar-refractivity contribution in [1.82, 2.24) is 15.6 Å². The Morgan fingerprint density at radius 3 is 2.48 bits per heavy atom. The van der Waals surface area contributed by atoms with Gasteiger partial charge in [-0.15, -0.1) is 11.3 Å². The molecule has 0 aliphatic carbocycles. The summed E-state index contributed by atoms with van der Waals surface area (Å²) in [7, 11) is 0. The molecule has 3 N–H and O–H groups in total. The molecule has 0 aliphatic heterocycles. The number of rotatable bonds is 8. The smallest absolute Gasteiger partial charge is 0.315 e. The van der Waals surface area contributed by atoms with E-state index in [1.165, 1.54) is 4.88 Å². The summed E-state index contributed by atoms with van der Waals surface area (Å²) in [6.45, 7) is 13.0. The van der Waals surface area contributed by atoms with Gasteiger partial charge in [-0.3, -0.25) is 0 Å². The molecule has 0 radical (unpaired) electrons. The molecule has 0 saturated carbocycles. The molecule has 0 spiro atoms. The summed E-state index contributed by atoms with van der Waals surface area (Å²) >= 11 is 1.62. The SMILES string of the molecule is Cc1nc(C(C)(C)NC(=O)NCC(CCO)CC(C)C)sc1C. The zero-order chi connectivity index (χ0) is 17.6. The van der Waals surface area contributed by atoms with Crippen LogP contribution in [0.15, 0.2) is 0 Å². The number of urea groups is 1. The van der Waals surface area contributed by atoms with Gasteiger partial charge in [0.2, 0.25) is 0 Å². The lowest BCUT2D eigenvalue weighted by Gasteiger charge is -2.25. The Kier molecular flexibility index (Phi) is 7.48. The van der Waals surface area contributed by atoms with E-state index in [9.17, 15) is 4.79 Å². The van der Waals surface area contributed by atoms with Crippen LogP contribution in [0, 0.1) is 25.7 Å². The number of nitrogens with one attached hydrogen (secondary N) is 2. The Balaban J connectivity index is 2.57. The normalized spacial score (nSPS) is 13.2. The largest absolute Gasteiger partial charge is 0.396 e. The molecule has 5 nitrogen and oxygen atoms in total. The molecule has 0 bridgehead atoms. The number of aromatic nitrogens is 1. The second-order valence-corrected chi connectivity index (χ2v) is 8.33. The van der Waals surface area contributed by atoms with Crippen LogP contribution in [0.1, 0.15) is 56.1 Å². The molecule has 2 amide bonds. The molecule has 1 atom stereocenters. The Morgan fingerprint density at radius 1 is 1.35 bits per heavy atom. The number of thiazole rings is 1. The average molecular weight is 342 g/mol. The fourth-order valence-electron chi connectivity index (χ4n) is 2.51. The molecule has 1 unspecified atom stereocenters. The molecular weight excluding hydrogens is 310 g/mol. The minimum absolute atomic E-state index is 0.157. The van der Waals surface area contributed by atoms with Gasteiger partial charge < -0.3 is 15.7 Å². The van der Waals surface area contributed by atoms with Crippen LogP contribution in [-0.4, -0.2) is 29.3 Å². The quantitative estimate of drug-likeness (QED) is 0.679. The summed E-state index contributed by atoms with van der Waals surface area (Å²) in [6.07, 6.45) is 1.71. The van der Waals surface area contributed by atoms with E-state index in [1.54, 1.807) is 11.3 Å². The third-order valence-corrected chi connectivity index (χ3v) is 5.28. The van der Waals surface area contributed by atoms with Gasteiger partial charge in [-0.05, 0) is 52.4 Å². The molecule has 132 valence electrons. The second kappa shape index (κ2) is 8.64. The van der Waals surface area contributed by atoms with Gasteiger partial charge in [-0.1, -0.05) is 13.8 Å². The first-order valence-corrected chi connectivity index (χ1v) is 9.08. The van der Waals surface area contributed by atoms with Crippen LogP contribution in [-0.2, 0) is 5.54 Å². The molecule has 1 heterocycles. The first-order chi connectivity index (χ1) is 10.7. The summed E-state index contributed by atoms with van der Waals surface area (Å²) in [4.78, 5) is 17.9. The van der Waals surface area contributed by atoms with Gasteiger partial charge >= 0.3 is 6.03 Å². The van der Waals surface area contributed by atoms with Crippen molar-refractivity contribution in [2.45, 2.75) is 59.9 Å². The topological polar surface area (TPSA) is 74.2 Å². The van der Waals surface area contributed by atoms with Crippen LogP contribution in [0.2, 0.25) is 0 Å². The number of aliphatic hydroxyl groups is 1. The zero-order valence-electron chi connectivity index (χ0n) is 15.2. The fraction of sp³-hybridized carbons (Fsp3) is 0.765. The molecule has 0 aliphatic rings. The van der Waals surface area contributed by atoms with Crippen LogP contribution in [0.25, 0.3) is 0 Å². The first-order valence-electron chi connectivity index (χ1n) is 8.27. The highest BCUT2D eigenvalue weighted by molar-refractivity contribution is 7.11. The van der Waals surface area contributed by atoms with Crippen molar-refractivity contribution in [2.75, 3.05) is 13.2 Å². The van der Waals surface area contributed by atoms with Crippen molar-refractivity contribution >= 4 is 17.4 Å². The van der Waals surface area contributed by atoms with E-state index in [4.69, 9.17) is 5.11 Å². The number of aryl methyl sites for hydroxylation is 2. The third-order valence-electron chi connectivity index (χ3n) is 3.88. The van der Waals surface area contributed by atoms with Crippen molar-refractivity contribution in [3.8, 4) is 0 Å². The first kappa shape index (κ1) is 19.9. The number of hydrogen-bond acceptors (Lipinski definition) is 4. The van der Waals surface area contributed by atoms with Gasteiger partial charge in [-0.25, -0.2) is 9.78 Å². The van der Waals surface area contributed by atoms with E-state index in [-0.39, 0.29) is 12.6 Å². The van der Waals surface area contributed by atoms with Gasteiger partial charge in [0, 0.05) is 18.0 Å². The molecule has 1 aromatic heterocycles. The minimum Gasteiger partial charge on any atom is -0.396 e. The van der Waals surface area contributed by atoms with Gasteiger partial charge in [-0.2, -0.15) is 0 Å². The van der Waals surface area contributed by atoms with E-state index in [0.717, 1.165) is 17.1 Å². The van der Waals surface area contributed by atoms with Gasteiger partial charge in [0.15, 0.2) is 0 Å². The Hall–Kier alpha value is -1.14. The Labute approximate surface area is 143 Å². The van der Waals surface area contributed by atoms with Crippen LogP contribution in [0.5, 0.6) is 0 Å². The predicted molar refractivity (Wildman–Crippen MR) is 95.8 cm³/mol. The van der Waals surface area contributed by atoms with Gasteiger partial charge in [0.1, 0.15) is 5.01 Å². The number of carbonyl (C=O) groups excluding carboxylic acids is 1. The highest BCUT2D eigenvalue weighted by atomic mass is 32.1. The lowest BCUT2D eigenvalue weighted by atomic mass is 9.94. The number of carbonyl (C=O) groups is 1. The minimum atomic E-state index is -0.502. The van der Waals surface area contributed by atoms with E-state index in [0.29, 0.717) is 24.8 Å². The summed E-state index contributed by atoms with van der Waals surface area (Å²) in [5.74, 6) is 0.854. The lowest BCUT2D eigenvalue weighted by molar-refractivity contribution is 0.217. The van der Waals surface area contributed by atoms with Crippen molar-refractivity contribution in [3.05, 3.63) is 15.6 Å². The third kappa shape index (κ3) is 6.47. The van der Waals surface area contributed by atoms with Gasteiger partial charge in [0.05, 0.1) is 11.2 Å². The van der Waals surface area contributed by atoms with Crippen molar-refractivity contribution in [1.29, 1.82) is 0 Å². The zero-order valence-corrected chi connectivity index (χ0v) is 16.0. The molecule has 1 rings (SSSR count). The molecule has 0 aromatic carbocycles. The number of amides is 2. The maximum absolute atomic E-state index is 12.2. The van der Waals surface area contributed by atoms with Crippen molar-refractivity contribution < 1.29 is 9.90 Å². The van der Waals surface area contributed by atoms with Crippen molar-refractivity contribution in [3.63, 3.8) is 0 Å². The van der Waals surface area contributed by atoms with E-state index < -0.39 is 5.54 Å². The standard InChI is InChI=1S/C17H31N3O2S/c1-11(2)9-14(7-8-21)10-18-16(22)20-17(5,6)15-19-12(3)13(4)23-15/h11,14,21H,7-10H2,1-6H3,(H2,18,20,22). The number of hydrogen-bond donors (Lipinski definition) is 3. The molecule has 1 aromatic rings. The molecule has 6 heteroatoms. The van der Waals surface area contributed by atoms with E-state index in [1.807, 2.05) is 27.7 Å². The summed E-state index contributed by atoms with van der Waals surface area (Å²) in [6, 6.07) is -0.188. The number of nitrogens with zero attached hydrogens (tertiary/aromatic N) is 1. The van der Waals surface area contributed by atoms with E-state index >= 15 is 0 Å². The van der Waals surface area contributed by atoms with Crippen LogP contribution < -0.4 is 10.6 Å². The Morgan fingerprint density at radius 2 is 2.00 bits per heavy atom. The Bertz CT molecular complexity index is 492. The molecule has 23 heavy (non-hydrogen) atoms. The summed E-state index contributed by atoms with van der Waals surface area (Å²) in [5.41, 5.74) is 0.512. The van der Waals surface area contributed by atoms with E-state index in [2.05, 4.69) is 29.5 Å². The fourth-order valence-corrected chi connectivity index (χ4v) is 3.48. The number of aliphatic hydroxyl groups excluding tert-OH is 1. The lowest BCUT2D eigenvalue weighted by Crippen LogP contribution is -2.47. The van der Waals surface area contributed by atoms with Crippen LogP contribution >= 0.6 is 11.3 Å². The van der Waals surface area contributed by atoms with Crippen molar-refractivity contribution in [2.24, 2.45) is 11.8 Å². The highest BCUT2D eigenvalue weighted by Crippen LogP contribution is 2.27. The maximum Gasteiger partial charge on any atom is 0.315 e. The van der Waals surface area contributed by atoms with Crippen LogP contribution in [0.4, 0.5) is 4.79 Å². The average Bonchev–Trinajstić information content (AvgIpc) is 2.76. The summed E-state index contributed by atoms with van der Waals surface area (Å²) in [5, 5.41) is 16.0. The molecular formula is C17H31N3O2S. The monoisotopic (exact) mass is 341 g/mol. The predicted octanol–water partition coefficient (Wildman–Crippen LogP) is 3.34. The summed E-state index contributed by atoms with van der Waals surface area (Å²) < 4.78 is 0. The second-order valence-electron chi connectivity index (χ2n) is 7.13. The molecule has 0 saturated heterocycles.